The van der Waals surface area contributed by atoms with Gasteiger partial charge in [-0.1, -0.05) is 0 Å². The van der Waals surface area contributed by atoms with E-state index in [-0.39, 0.29) is 5.75 Å². The van der Waals surface area contributed by atoms with Crippen LogP contribution < -0.4 is 4.74 Å². The van der Waals surface area contributed by atoms with Crippen LogP contribution >= 0.6 is 0 Å². The lowest BCUT2D eigenvalue weighted by molar-refractivity contribution is -0.274. The molecule has 1 aromatic heterocycles. The van der Waals surface area contributed by atoms with Gasteiger partial charge in [0.15, 0.2) is 6.29 Å². The second-order valence-corrected chi connectivity index (χ2v) is 3.14. The summed E-state index contributed by atoms with van der Waals surface area (Å²) in [4.78, 5) is 13.1. The molecule has 0 amide bonds. The highest BCUT2D eigenvalue weighted by Crippen LogP contribution is 2.26. The molecule has 3 nitrogen and oxygen atoms in total. The van der Waals surface area contributed by atoms with E-state index in [0.717, 1.165) is 0 Å². The number of alkyl halides is 3. The predicted octanol–water partition coefficient (Wildman–Crippen LogP) is 2.88. The van der Waals surface area contributed by atoms with Gasteiger partial charge in [-0.3, -0.25) is 4.79 Å². The summed E-state index contributed by atoms with van der Waals surface area (Å²) < 4.78 is 39.5. The fraction of sp³-hybridized carbons (Fsp3) is 0.100. The first kappa shape index (κ1) is 10.5. The van der Waals surface area contributed by atoms with E-state index in [2.05, 4.69) is 9.72 Å². The molecule has 0 saturated carbocycles. The molecule has 0 bridgehead atoms. The Morgan fingerprint density at radius 2 is 2.00 bits per heavy atom. The Labute approximate surface area is 87.8 Å². The van der Waals surface area contributed by atoms with Crippen molar-refractivity contribution in [2.45, 2.75) is 6.36 Å². The molecule has 16 heavy (non-hydrogen) atoms. The van der Waals surface area contributed by atoms with Crippen LogP contribution in [-0.2, 0) is 0 Å². The average molecular weight is 229 g/mol. The minimum Gasteiger partial charge on any atom is -0.406 e. The number of aromatic nitrogens is 1. The summed E-state index contributed by atoms with van der Waals surface area (Å²) in [7, 11) is 0. The maximum atomic E-state index is 11.9. The molecule has 2 aromatic rings. The topological polar surface area (TPSA) is 42.1 Å². The fourth-order valence-electron chi connectivity index (χ4n) is 1.39. The molecule has 0 unspecified atom stereocenters. The molecule has 0 atom stereocenters. The van der Waals surface area contributed by atoms with Gasteiger partial charge in [-0.05, 0) is 18.2 Å². The normalized spacial score (nSPS) is 11.7. The maximum absolute atomic E-state index is 11.9. The van der Waals surface area contributed by atoms with E-state index in [0.29, 0.717) is 22.9 Å². The van der Waals surface area contributed by atoms with Crippen molar-refractivity contribution in [1.29, 1.82) is 0 Å². The van der Waals surface area contributed by atoms with E-state index in [1.165, 1.54) is 18.2 Å². The molecular weight excluding hydrogens is 223 g/mol. The van der Waals surface area contributed by atoms with Crippen LogP contribution in [0.4, 0.5) is 13.2 Å². The van der Waals surface area contributed by atoms with Crippen molar-refractivity contribution < 1.29 is 22.7 Å². The number of rotatable bonds is 2. The Kier molecular flexibility index (Phi) is 2.34. The van der Waals surface area contributed by atoms with E-state index in [1.807, 2.05) is 0 Å². The van der Waals surface area contributed by atoms with Crippen molar-refractivity contribution in [3.63, 3.8) is 0 Å². The highest BCUT2D eigenvalue weighted by molar-refractivity contribution is 5.88. The first-order valence-corrected chi connectivity index (χ1v) is 4.31. The minimum absolute atomic E-state index is 0.305. The Morgan fingerprint density at radius 3 is 2.62 bits per heavy atom. The number of carbonyl (C=O) groups is 1. The zero-order valence-corrected chi connectivity index (χ0v) is 7.84. The standard InChI is InChI=1S/C10H6F3NO2/c11-10(12,13)16-8-2-1-6-3-7(5-15)14-9(6)4-8/h1-5,14H. The Balaban J connectivity index is 2.39. The Morgan fingerprint density at radius 1 is 1.25 bits per heavy atom. The molecule has 0 aliphatic carbocycles. The summed E-state index contributed by atoms with van der Waals surface area (Å²) in [6, 6.07) is 5.37. The number of aldehydes is 1. The van der Waals surface area contributed by atoms with Crippen molar-refractivity contribution in [1.82, 2.24) is 4.98 Å². The van der Waals surface area contributed by atoms with Crippen LogP contribution in [0.3, 0.4) is 0 Å². The zero-order valence-electron chi connectivity index (χ0n) is 7.84. The molecule has 1 N–H and O–H groups in total. The van der Waals surface area contributed by atoms with E-state index in [4.69, 9.17) is 0 Å². The van der Waals surface area contributed by atoms with Crippen LogP contribution in [-0.4, -0.2) is 17.6 Å². The molecule has 6 heteroatoms. The molecule has 0 spiro atoms. The van der Waals surface area contributed by atoms with Crippen molar-refractivity contribution in [2.24, 2.45) is 0 Å². The maximum Gasteiger partial charge on any atom is 0.573 e. The number of benzene rings is 1. The third-order valence-corrected chi connectivity index (χ3v) is 1.98. The summed E-state index contributed by atoms with van der Waals surface area (Å²) in [5, 5.41) is 0.650. The van der Waals surface area contributed by atoms with Crippen LogP contribution in [0.5, 0.6) is 5.75 Å². The summed E-state index contributed by atoms with van der Waals surface area (Å²) in [5.41, 5.74) is 0.725. The smallest absolute Gasteiger partial charge is 0.406 e. The number of aromatic amines is 1. The molecule has 84 valence electrons. The van der Waals surface area contributed by atoms with E-state index in [1.54, 1.807) is 6.07 Å². The SMILES string of the molecule is O=Cc1cc2ccc(OC(F)(F)F)cc2[nH]1. The Bertz CT molecular complexity index is 530. The number of hydrogen-bond acceptors (Lipinski definition) is 2. The van der Waals surface area contributed by atoms with Crippen LogP contribution in [0.15, 0.2) is 24.3 Å². The van der Waals surface area contributed by atoms with Gasteiger partial charge in [0.2, 0.25) is 0 Å². The molecule has 0 aliphatic rings. The number of hydrogen-bond donors (Lipinski definition) is 1. The monoisotopic (exact) mass is 229 g/mol. The van der Waals surface area contributed by atoms with Gasteiger partial charge in [-0.15, -0.1) is 13.2 Å². The third kappa shape index (κ3) is 2.16. The molecule has 0 saturated heterocycles. The van der Waals surface area contributed by atoms with Crippen LogP contribution in [0.25, 0.3) is 10.9 Å². The van der Waals surface area contributed by atoms with Crippen molar-refractivity contribution >= 4 is 17.2 Å². The lowest BCUT2D eigenvalue weighted by Gasteiger charge is -2.08. The van der Waals surface area contributed by atoms with Crippen LogP contribution in [0, 0.1) is 0 Å². The van der Waals surface area contributed by atoms with Gasteiger partial charge in [0.25, 0.3) is 0 Å². The number of halogens is 3. The van der Waals surface area contributed by atoms with Gasteiger partial charge in [-0.2, -0.15) is 0 Å². The van der Waals surface area contributed by atoms with E-state index in [9.17, 15) is 18.0 Å². The van der Waals surface area contributed by atoms with Crippen molar-refractivity contribution in [3.8, 4) is 5.75 Å². The first-order chi connectivity index (χ1) is 7.48. The lowest BCUT2D eigenvalue weighted by atomic mass is 10.2. The minimum atomic E-state index is -4.71. The van der Waals surface area contributed by atoms with Gasteiger partial charge < -0.3 is 9.72 Å². The highest BCUT2D eigenvalue weighted by Gasteiger charge is 2.31. The molecule has 2 rings (SSSR count). The van der Waals surface area contributed by atoms with Gasteiger partial charge >= 0.3 is 6.36 Å². The van der Waals surface area contributed by atoms with Crippen LogP contribution in [0.2, 0.25) is 0 Å². The van der Waals surface area contributed by atoms with Crippen LogP contribution in [0.1, 0.15) is 10.5 Å². The van der Waals surface area contributed by atoms with E-state index < -0.39 is 6.36 Å². The van der Waals surface area contributed by atoms with Gasteiger partial charge in [0.1, 0.15) is 5.75 Å². The summed E-state index contributed by atoms with van der Waals surface area (Å²) >= 11 is 0. The van der Waals surface area contributed by atoms with Crippen molar-refractivity contribution in [2.75, 3.05) is 0 Å². The molecule has 0 fully saturated rings. The number of H-pyrrole nitrogens is 1. The number of ether oxygens (including phenoxy) is 1. The highest BCUT2D eigenvalue weighted by atomic mass is 19.4. The molecule has 1 aromatic carbocycles. The molecule has 0 radical (unpaired) electrons. The number of carbonyl (C=O) groups excluding carboxylic acids is 1. The first-order valence-electron chi connectivity index (χ1n) is 4.31. The predicted molar refractivity (Wildman–Crippen MR) is 50.4 cm³/mol. The quantitative estimate of drug-likeness (QED) is 0.804. The summed E-state index contributed by atoms with van der Waals surface area (Å²) in [6.45, 7) is 0. The number of nitrogens with one attached hydrogen (secondary N) is 1. The molecule has 1 heterocycles. The average Bonchev–Trinajstić information content (AvgIpc) is 2.57. The van der Waals surface area contributed by atoms with Gasteiger partial charge in [-0.25, -0.2) is 0 Å². The largest absolute Gasteiger partial charge is 0.573 e. The van der Waals surface area contributed by atoms with E-state index >= 15 is 0 Å². The number of fused-ring (bicyclic) bond motifs is 1. The third-order valence-electron chi connectivity index (χ3n) is 1.98. The molecular formula is C10H6F3NO2. The summed E-state index contributed by atoms with van der Waals surface area (Å²) in [5.74, 6) is -0.320. The molecule has 0 aliphatic heterocycles. The second kappa shape index (κ2) is 3.55. The van der Waals surface area contributed by atoms with Gasteiger partial charge in [0.05, 0.1) is 5.69 Å². The second-order valence-electron chi connectivity index (χ2n) is 3.14. The zero-order chi connectivity index (χ0) is 11.8. The lowest BCUT2D eigenvalue weighted by Crippen LogP contribution is -2.16. The Hall–Kier alpha value is -1.98. The van der Waals surface area contributed by atoms with Gasteiger partial charge in [0, 0.05) is 17.0 Å². The summed E-state index contributed by atoms with van der Waals surface area (Å²) in [6.07, 6.45) is -4.13. The fourth-order valence-corrected chi connectivity index (χ4v) is 1.39. The van der Waals surface area contributed by atoms with Crippen molar-refractivity contribution in [3.05, 3.63) is 30.0 Å².